The van der Waals surface area contributed by atoms with Crippen molar-refractivity contribution in [3.05, 3.63) is 23.7 Å². The number of nitrogens with zero attached hydrogens (tertiary/aromatic N) is 1. The number of rotatable bonds is 3. The quantitative estimate of drug-likeness (QED) is 0.844. The molecule has 0 aromatic carbocycles. The molecule has 0 amide bonds. The fourth-order valence-corrected chi connectivity index (χ4v) is 2.12. The standard InChI is InChI=1S/C12H19NO3/c1-9-7-15-8-10(2)13(9)5-11-3-4-12(6-14)16-11/h3-4,9-10,14H,5-8H2,1-2H3. The maximum absolute atomic E-state index is 8.93. The van der Waals surface area contributed by atoms with Crippen LogP contribution in [0, 0.1) is 0 Å². The number of hydrogen-bond donors (Lipinski definition) is 1. The molecule has 1 aliphatic rings. The van der Waals surface area contributed by atoms with E-state index in [1.807, 2.05) is 12.1 Å². The zero-order valence-corrected chi connectivity index (χ0v) is 9.85. The maximum atomic E-state index is 8.93. The molecule has 1 N–H and O–H groups in total. The van der Waals surface area contributed by atoms with Gasteiger partial charge in [0.1, 0.15) is 18.1 Å². The summed E-state index contributed by atoms with van der Waals surface area (Å²) in [4.78, 5) is 2.36. The van der Waals surface area contributed by atoms with Gasteiger partial charge in [0.05, 0.1) is 19.8 Å². The SMILES string of the molecule is CC1COCC(C)N1Cc1ccc(CO)o1. The second-order valence-corrected chi connectivity index (χ2v) is 4.43. The van der Waals surface area contributed by atoms with Gasteiger partial charge in [0.25, 0.3) is 0 Å². The van der Waals surface area contributed by atoms with E-state index in [1.165, 1.54) is 0 Å². The summed E-state index contributed by atoms with van der Waals surface area (Å²) >= 11 is 0. The van der Waals surface area contributed by atoms with E-state index >= 15 is 0 Å². The Morgan fingerprint density at radius 2 is 1.88 bits per heavy atom. The van der Waals surface area contributed by atoms with Gasteiger partial charge in [-0.2, -0.15) is 0 Å². The van der Waals surface area contributed by atoms with Crippen molar-refractivity contribution in [3.63, 3.8) is 0 Å². The monoisotopic (exact) mass is 225 g/mol. The average Bonchev–Trinajstić information content (AvgIpc) is 2.71. The first-order valence-corrected chi connectivity index (χ1v) is 5.72. The van der Waals surface area contributed by atoms with Gasteiger partial charge in [0.15, 0.2) is 0 Å². The van der Waals surface area contributed by atoms with E-state index in [4.69, 9.17) is 14.3 Å². The van der Waals surface area contributed by atoms with Crippen molar-refractivity contribution in [1.82, 2.24) is 4.90 Å². The largest absolute Gasteiger partial charge is 0.462 e. The molecule has 2 rings (SSSR count). The van der Waals surface area contributed by atoms with E-state index in [9.17, 15) is 0 Å². The normalized spacial score (nSPS) is 27.2. The molecule has 2 unspecified atom stereocenters. The Kier molecular flexibility index (Phi) is 3.63. The molecular weight excluding hydrogens is 206 g/mol. The molecule has 2 heterocycles. The van der Waals surface area contributed by atoms with Gasteiger partial charge in [-0.3, -0.25) is 4.90 Å². The van der Waals surface area contributed by atoms with Crippen LogP contribution in [0.1, 0.15) is 25.4 Å². The van der Waals surface area contributed by atoms with Crippen molar-refractivity contribution in [2.45, 2.75) is 39.1 Å². The van der Waals surface area contributed by atoms with Crippen molar-refractivity contribution in [2.24, 2.45) is 0 Å². The highest BCUT2D eigenvalue weighted by Crippen LogP contribution is 2.18. The van der Waals surface area contributed by atoms with Crippen LogP contribution in [0.3, 0.4) is 0 Å². The van der Waals surface area contributed by atoms with Gasteiger partial charge in [-0.15, -0.1) is 0 Å². The van der Waals surface area contributed by atoms with Crippen molar-refractivity contribution in [3.8, 4) is 0 Å². The van der Waals surface area contributed by atoms with E-state index in [2.05, 4.69) is 18.7 Å². The van der Waals surface area contributed by atoms with Crippen LogP contribution in [-0.2, 0) is 17.9 Å². The maximum Gasteiger partial charge on any atom is 0.129 e. The van der Waals surface area contributed by atoms with Crippen molar-refractivity contribution in [1.29, 1.82) is 0 Å². The average molecular weight is 225 g/mol. The molecule has 16 heavy (non-hydrogen) atoms. The summed E-state index contributed by atoms with van der Waals surface area (Å²) < 4.78 is 11.0. The van der Waals surface area contributed by atoms with Crippen LogP contribution < -0.4 is 0 Å². The van der Waals surface area contributed by atoms with Gasteiger partial charge in [-0.05, 0) is 26.0 Å². The van der Waals surface area contributed by atoms with Crippen molar-refractivity contribution in [2.75, 3.05) is 13.2 Å². The molecule has 1 saturated heterocycles. The fraction of sp³-hybridized carbons (Fsp3) is 0.667. The molecule has 0 saturated carbocycles. The van der Waals surface area contributed by atoms with E-state index < -0.39 is 0 Å². The third kappa shape index (κ3) is 2.45. The summed E-state index contributed by atoms with van der Waals surface area (Å²) in [5.74, 6) is 1.54. The number of morpholine rings is 1. The molecule has 1 aliphatic heterocycles. The Balaban J connectivity index is 2.01. The predicted octanol–water partition coefficient (Wildman–Crippen LogP) is 1.38. The highest BCUT2D eigenvalue weighted by molar-refractivity contribution is 5.06. The molecule has 90 valence electrons. The van der Waals surface area contributed by atoms with Crippen LogP contribution in [0.2, 0.25) is 0 Å². The number of hydrogen-bond acceptors (Lipinski definition) is 4. The topological polar surface area (TPSA) is 45.8 Å². The van der Waals surface area contributed by atoms with Crippen LogP contribution in [-0.4, -0.2) is 35.3 Å². The number of furan rings is 1. The Morgan fingerprint density at radius 1 is 1.25 bits per heavy atom. The van der Waals surface area contributed by atoms with Crippen LogP contribution >= 0.6 is 0 Å². The second kappa shape index (κ2) is 4.99. The van der Waals surface area contributed by atoms with E-state index in [0.29, 0.717) is 17.8 Å². The van der Waals surface area contributed by atoms with Crippen LogP contribution in [0.5, 0.6) is 0 Å². The first kappa shape index (κ1) is 11.6. The highest BCUT2D eigenvalue weighted by Gasteiger charge is 2.26. The molecule has 4 heteroatoms. The first-order valence-electron chi connectivity index (χ1n) is 5.72. The molecule has 2 atom stereocenters. The smallest absolute Gasteiger partial charge is 0.129 e. The summed E-state index contributed by atoms with van der Waals surface area (Å²) in [7, 11) is 0. The summed E-state index contributed by atoms with van der Waals surface area (Å²) in [6.07, 6.45) is 0. The zero-order chi connectivity index (χ0) is 11.5. The summed E-state index contributed by atoms with van der Waals surface area (Å²) in [6, 6.07) is 4.57. The minimum atomic E-state index is -0.0335. The van der Waals surface area contributed by atoms with Gasteiger partial charge >= 0.3 is 0 Å². The van der Waals surface area contributed by atoms with E-state index in [-0.39, 0.29) is 6.61 Å². The van der Waals surface area contributed by atoms with Gasteiger partial charge in [-0.25, -0.2) is 0 Å². The number of ether oxygens (including phenoxy) is 1. The first-order chi connectivity index (χ1) is 7.70. The molecule has 0 radical (unpaired) electrons. The Labute approximate surface area is 95.8 Å². The summed E-state index contributed by atoms with van der Waals surface area (Å²) in [6.45, 7) is 6.62. The second-order valence-electron chi connectivity index (χ2n) is 4.43. The predicted molar refractivity (Wildman–Crippen MR) is 59.9 cm³/mol. The summed E-state index contributed by atoms with van der Waals surface area (Å²) in [5.41, 5.74) is 0. The van der Waals surface area contributed by atoms with E-state index in [1.54, 1.807) is 0 Å². The fourth-order valence-electron chi connectivity index (χ4n) is 2.12. The molecule has 1 aromatic rings. The third-order valence-electron chi connectivity index (χ3n) is 3.06. The van der Waals surface area contributed by atoms with Crippen LogP contribution in [0.15, 0.2) is 16.5 Å². The van der Waals surface area contributed by atoms with Crippen molar-refractivity contribution >= 4 is 0 Å². The molecule has 1 aromatic heterocycles. The van der Waals surface area contributed by atoms with Crippen molar-refractivity contribution < 1.29 is 14.3 Å². The molecule has 0 spiro atoms. The third-order valence-corrected chi connectivity index (χ3v) is 3.06. The minimum Gasteiger partial charge on any atom is -0.462 e. The lowest BCUT2D eigenvalue weighted by molar-refractivity contribution is -0.0437. The molecular formula is C12H19NO3. The Hall–Kier alpha value is -0.840. The Morgan fingerprint density at radius 3 is 2.44 bits per heavy atom. The van der Waals surface area contributed by atoms with Gasteiger partial charge < -0.3 is 14.3 Å². The number of aliphatic hydroxyl groups is 1. The summed E-state index contributed by atoms with van der Waals surface area (Å²) in [5, 5.41) is 8.93. The van der Waals surface area contributed by atoms with Gasteiger partial charge in [0.2, 0.25) is 0 Å². The zero-order valence-electron chi connectivity index (χ0n) is 9.85. The lowest BCUT2D eigenvalue weighted by Crippen LogP contribution is -2.48. The van der Waals surface area contributed by atoms with Gasteiger partial charge in [-0.1, -0.05) is 0 Å². The molecule has 4 nitrogen and oxygen atoms in total. The molecule has 1 fully saturated rings. The highest BCUT2D eigenvalue weighted by atomic mass is 16.5. The lowest BCUT2D eigenvalue weighted by Gasteiger charge is -2.38. The van der Waals surface area contributed by atoms with Crippen LogP contribution in [0.4, 0.5) is 0 Å². The lowest BCUT2D eigenvalue weighted by atomic mass is 10.1. The number of aliphatic hydroxyl groups excluding tert-OH is 1. The minimum absolute atomic E-state index is 0.0335. The van der Waals surface area contributed by atoms with E-state index in [0.717, 1.165) is 25.5 Å². The van der Waals surface area contributed by atoms with Crippen LogP contribution in [0.25, 0.3) is 0 Å². The van der Waals surface area contributed by atoms with Gasteiger partial charge in [0, 0.05) is 12.1 Å². The molecule has 0 aliphatic carbocycles. The molecule has 0 bridgehead atoms. The Bertz CT molecular complexity index is 327.